The van der Waals surface area contributed by atoms with Crippen molar-refractivity contribution in [2.45, 2.75) is 50.6 Å². The number of nitriles is 1. The molecular formula is C41H42N12O5S. The molecule has 4 N–H and O–H groups in total. The van der Waals surface area contributed by atoms with Gasteiger partial charge in [-0.05, 0) is 61.7 Å². The van der Waals surface area contributed by atoms with Crippen LogP contribution >= 0.6 is 11.9 Å². The SMILES string of the molecule is CCSN1CC(CC#N)(n2cc(-c3nc(Nc4ccc(C(=O)NCCCCNc5cccc6c5C(=O)N(C5CCC(=O)N(C)C5=O)C6=O)cc4)nc4[nH]ccc34)cn2)C1. The van der Waals surface area contributed by atoms with Crippen molar-refractivity contribution < 1.29 is 24.0 Å². The van der Waals surface area contributed by atoms with Gasteiger partial charge in [-0.2, -0.15) is 15.3 Å². The Kier molecular flexibility index (Phi) is 10.9. The van der Waals surface area contributed by atoms with E-state index in [-0.39, 0.29) is 41.3 Å². The van der Waals surface area contributed by atoms with Crippen molar-refractivity contribution in [1.29, 1.82) is 5.26 Å². The normalized spacial score (nSPS) is 17.5. The van der Waals surface area contributed by atoms with Crippen LogP contribution in [-0.4, -0.2) is 113 Å². The third-order valence-electron chi connectivity index (χ3n) is 10.9. The Bertz CT molecular complexity index is 2500. The summed E-state index contributed by atoms with van der Waals surface area (Å²) in [5.41, 5.74) is 3.89. The Morgan fingerprint density at radius 2 is 1.83 bits per heavy atom. The highest BCUT2D eigenvalue weighted by molar-refractivity contribution is 7.97. The number of amides is 5. The van der Waals surface area contributed by atoms with Crippen molar-refractivity contribution in [2.24, 2.45) is 0 Å². The molecule has 0 bridgehead atoms. The Balaban J connectivity index is 0.835. The maximum absolute atomic E-state index is 13.4. The third kappa shape index (κ3) is 7.50. The Hall–Kier alpha value is -6.58. The van der Waals surface area contributed by atoms with E-state index in [2.05, 4.69) is 48.3 Å². The quantitative estimate of drug-likeness (QED) is 0.0651. The summed E-state index contributed by atoms with van der Waals surface area (Å²) in [6, 6.07) is 15.2. The van der Waals surface area contributed by atoms with Crippen molar-refractivity contribution >= 4 is 69.8 Å². The second-order valence-corrected chi connectivity index (χ2v) is 16.1. The highest BCUT2D eigenvalue weighted by Crippen LogP contribution is 2.38. The van der Waals surface area contributed by atoms with Crippen LogP contribution in [0.2, 0.25) is 0 Å². The lowest BCUT2D eigenvalue weighted by Crippen LogP contribution is -2.60. The van der Waals surface area contributed by atoms with Gasteiger partial charge in [-0.25, -0.2) is 9.29 Å². The molecule has 8 rings (SSSR count). The van der Waals surface area contributed by atoms with E-state index < -0.39 is 23.8 Å². The van der Waals surface area contributed by atoms with Crippen molar-refractivity contribution in [3.63, 3.8) is 0 Å². The van der Waals surface area contributed by atoms with Gasteiger partial charge in [-0.15, -0.1) is 0 Å². The van der Waals surface area contributed by atoms with Gasteiger partial charge in [0.1, 0.15) is 17.2 Å². The Labute approximate surface area is 343 Å². The van der Waals surface area contributed by atoms with Gasteiger partial charge in [-0.3, -0.25) is 38.5 Å². The summed E-state index contributed by atoms with van der Waals surface area (Å²) in [6.45, 7) is 4.49. The first kappa shape index (κ1) is 39.3. The number of unbranched alkanes of at least 4 members (excludes halogenated alkanes) is 1. The van der Waals surface area contributed by atoms with Gasteiger partial charge in [-0.1, -0.05) is 24.9 Å². The number of likely N-dealkylation sites (N-methyl/N-ethyl adjacent to an activating group) is 1. The van der Waals surface area contributed by atoms with Crippen LogP contribution in [0.1, 0.15) is 70.1 Å². The number of carbonyl (C=O) groups excluding carboxylic acids is 5. The van der Waals surface area contributed by atoms with Crippen LogP contribution in [0.4, 0.5) is 17.3 Å². The summed E-state index contributed by atoms with van der Waals surface area (Å²) in [5, 5.41) is 24.5. The summed E-state index contributed by atoms with van der Waals surface area (Å²) in [4.78, 5) is 79.0. The van der Waals surface area contributed by atoms with E-state index in [9.17, 15) is 29.2 Å². The summed E-state index contributed by atoms with van der Waals surface area (Å²) in [6.07, 6.45) is 7.39. The fraction of sp³-hybridized carbons (Fsp3) is 0.341. The number of imide groups is 2. The largest absolute Gasteiger partial charge is 0.384 e. The molecule has 0 radical (unpaired) electrons. The first-order chi connectivity index (χ1) is 28.6. The van der Waals surface area contributed by atoms with Crippen molar-refractivity contribution in [3.8, 4) is 17.3 Å². The topological polar surface area (TPSA) is 214 Å². The third-order valence-corrected chi connectivity index (χ3v) is 11.8. The Morgan fingerprint density at radius 1 is 1.03 bits per heavy atom. The standard InChI is InChI=1S/C41H42N12O5S/c1-3-59-51-23-41(24-51,16-17-42)52-22-26(21-46-52)34-29-15-20-44-35(29)49-40(48-34)47-27-11-9-25(10-12-27)36(55)45-19-5-4-18-43-30-8-6-7-28-33(30)39(58)53(37(28)56)31-13-14-32(54)50(2)38(31)57/h6-12,15,20-22,31,43H,3-5,13-14,16,18-19,23-24H2,1-2H3,(H,45,55)(H2,44,47,48,49). The monoisotopic (exact) mass is 814 g/mol. The van der Waals surface area contributed by atoms with Gasteiger partial charge < -0.3 is 20.9 Å². The highest BCUT2D eigenvalue weighted by Gasteiger charge is 2.47. The maximum atomic E-state index is 13.4. The molecule has 302 valence electrons. The molecule has 3 aliphatic heterocycles. The van der Waals surface area contributed by atoms with Crippen LogP contribution < -0.4 is 16.0 Å². The smallest absolute Gasteiger partial charge is 0.264 e. The number of benzene rings is 2. The second kappa shape index (κ2) is 16.3. The van der Waals surface area contributed by atoms with Crippen LogP contribution in [-0.2, 0) is 15.1 Å². The lowest BCUT2D eigenvalue weighted by molar-refractivity contribution is -0.149. The average Bonchev–Trinajstić information content (AvgIpc) is 3.97. The van der Waals surface area contributed by atoms with Crippen molar-refractivity contribution in [2.75, 3.05) is 49.6 Å². The summed E-state index contributed by atoms with van der Waals surface area (Å²) in [5.74, 6) is -0.887. The van der Waals surface area contributed by atoms with Crippen molar-refractivity contribution in [1.82, 2.24) is 44.2 Å². The average molecular weight is 815 g/mol. The molecule has 0 spiro atoms. The number of aromatic nitrogens is 5. The minimum absolute atomic E-state index is 0.0767. The summed E-state index contributed by atoms with van der Waals surface area (Å²) < 4.78 is 4.15. The molecule has 59 heavy (non-hydrogen) atoms. The van der Waals surface area contributed by atoms with E-state index >= 15 is 0 Å². The molecule has 5 amide bonds. The molecule has 3 aromatic heterocycles. The number of carbonyl (C=O) groups is 5. The molecule has 1 unspecified atom stereocenters. The van der Waals surface area contributed by atoms with Crippen LogP contribution in [0, 0.1) is 11.3 Å². The van der Waals surface area contributed by atoms with Crippen LogP contribution in [0.25, 0.3) is 22.3 Å². The lowest BCUT2D eigenvalue weighted by Gasteiger charge is -2.48. The minimum Gasteiger partial charge on any atom is -0.384 e. The molecule has 6 heterocycles. The number of nitrogens with one attached hydrogen (secondary N) is 4. The molecule has 2 aromatic carbocycles. The molecule has 5 aromatic rings. The van der Waals surface area contributed by atoms with Gasteiger partial charge in [0.05, 0.1) is 35.5 Å². The summed E-state index contributed by atoms with van der Waals surface area (Å²) in [7, 11) is 1.36. The zero-order valence-corrected chi connectivity index (χ0v) is 33.3. The molecule has 0 saturated carbocycles. The number of H-pyrrole nitrogens is 1. The molecular weight excluding hydrogens is 773 g/mol. The minimum atomic E-state index is -1.02. The van der Waals surface area contributed by atoms with Crippen molar-refractivity contribution in [3.05, 3.63) is 83.8 Å². The maximum Gasteiger partial charge on any atom is 0.264 e. The fourth-order valence-electron chi connectivity index (χ4n) is 7.77. The van der Waals surface area contributed by atoms with E-state index in [4.69, 9.17) is 4.98 Å². The summed E-state index contributed by atoms with van der Waals surface area (Å²) >= 11 is 1.76. The second-order valence-electron chi connectivity index (χ2n) is 14.7. The number of anilines is 3. The van der Waals surface area contributed by atoms with Crippen LogP contribution in [0.3, 0.4) is 0 Å². The number of fused-ring (bicyclic) bond motifs is 2. The fourth-order valence-corrected chi connectivity index (χ4v) is 8.80. The molecule has 3 aliphatic rings. The van der Waals surface area contributed by atoms with Gasteiger partial charge in [0.15, 0.2) is 0 Å². The van der Waals surface area contributed by atoms with Gasteiger partial charge in [0.25, 0.3) is 23.6 Å². The molecule has 2 fully saturated rings. The number of hydrogen-bond donors (Lipinski definition) is 4. The van der Waals surface area contributed by atoms with Gasteiger partial charge in [0.2, 0.25) is 11.9 Å². The van der Waals surface area contributed by atoms with E-state index in [1.54, 1.807) is 60.6 Å². The highest BCUT2D eigenvalue weighted by atomic mass is 32.2. The van der Waals surface area contributed by atoms with Crippen LogP contribution in [0.5, 0.6) is 0 Å². The first-order valence-electron chi connectivity index (χ1n) is 19.5. The molecule has 18 heteroatoms. The zero-order valence-electron chi connectivity index (χ0n) is 32.5. The predicted molar refractivity (Wildman–Crippen MR) is 221 cm³/mol. The number of piperidine rings is 1. The Morgan fingerprint density at radius 3 is 2.61 bits per heavy atom. The van der Waals surface area contributed by atoms with E-state index in [1.165, 1.54) is 7.05 Å². The number of nitrogens with zero attached hydrogens (tertiary/aromatic N) is 8. The van der Waals surface area contributed by atoms with E-state index in [1.807, 2.05) is 23.1 Å². The lowest BCUT2D eigenvalue weighted by atomic mass is 9.89. The number of rotatable bonds is 15. The number of hydrogen-bond acceptors (Lipinski definition) is 13. The number of aromatic amines is 1. The zero-order chi connectivity index (χ0) is 41.3. The predicted octanol–water partition coefficient (Wildman–Crippen LogP) is 4.52. The molecule has 1 atom stereocenters. The van der Waals surface area contributed by atoms with E-state index in [0.717, 1.165) is 39.6 Å². The molecule has 2 saturated heterocycles. The molecule has 17 nitrogen and oxygen atoms in total. The molecule has 0 aliphatic carbocycles. The van der Waals surface area contributed by atoms with Gasteiger partial charge in [0, 0.05) is 85.7 Å². The van der Waals surface area contributed by atoms with E-state index in [0.29, 0.717) is 66.6 Å². The van der Waals surface area contributed by atoms with Gasteiger partial charge >= 0.3 is 0 Å². The number of likely N-dealkylation sites (tertiary alicyclic amines) is 1. The van der Waals surface area contributed by atoms with Crippen LogP contribution in [0.15, 0.2) is 67.1 Å². The first-order valence-corrected chi connectivity index (χ1v) is 20.4.